The van der Waals surface area contributed by atoms with Crippen molar-refractivity contribution in [2.24, 2.45) is 7.05 Å². The lowest BCUT2D eigenvalue weighted by Crippen LogP contribution is -1.90. The Bertz CT molecular complexity index is 175. The quantitative estimate of drug-likeness (QED) is 0.557. The van der Waals surface area contributed by atoms with Gasteiger partial charge in [-0.05, 0) is 0 Å². The van der Waals surface area contributed by atoms with E-state index in [0.29, 0.717) is 0 Å². The van der Waals surface area contributed by atoms with Crippen LogP contribution in [0.3, 0.4) is 0 Å². The Kier molecular flexibility index (Phi) is 1.40. The molecule has 8 heavy (non-hydrogen) atoms. The summed E-state index contributed by atoms with van der Waals surface area (Å²) < 4.78 is 0. The summed E-state index contributed by atoms with van der Waals surface area (Å²) in [5, 5.41) is 7.79. The van der Waals surface area contributed by atoms with Crippen LogP contribution in [0.1, 0.15) is 0 Å². The summed E-state index contributed by atoms with van der Waals surface area (Å²) in [6, 6.07) is 0. The van der Waals surface area contributed by atoms with E-state index in [1.54, 1.807) is 7.05 Å². The third kappa shape index (κ3) is 0.928. The minimum atomic E-state index is 0.245. The van der Waals surface area contributed by atoms with Gasteiger partial charge >= 0.3 is 0 Å². The minimum Gasteiger partial charge on any atom is -0.185 e. The molecule has 3 nitrogen and oxygen atoms in total. The zero-order valence-electron chi connectivity index (χ0n) is 4.10. The zero-order chi connectivity index (χ0) is 6.15. The fourth-order valence-corrected chi connectivity index (χ4v) is 0.653. The Labute approximate surface area is 56.2 Å². The zero-order valence-corrected chi connectivity index (χ0v) is 5.61. The van der Waals surface area contributed by atoms with Crippen LogP contribution >= 0.6 is 23.2 Å². The third-order valence-electron chi connectivity index (χ3n) is 0.635. The van der Waals surface area contributed by atoms with Crippen molar-refractivity contribution in [3.05, 3.63) is 10.3 Å². The molecule has 0 aliphatic heterocycles. The van der Waals surface area contributed by atoms with Crippen LogP contribution in [0.2, 0.25) is 10.3 Å². The molecule has 0 aliphatic carbocycles. The van der Waals surface area contributed by atoms with Gasteiger partial charge in [-0.2, -0.15) is 4.80 Å². The van der Waals surface area contributed by atoms with Gasteiger partial charge in [0.15, 0.2) is 10.3 Å². The number of halogens is 2. The van der Waals surface area contributed by atoms with E-state index in [1.165, 1.54) is 4.80 Å². The van der Waals surface area contributed by atoms with Crippen molar-refractivity contribution in [1.82, 2.24) is 15.0 Å². The number of rotatable bonds is 0. The molecule has 0 radical (unpaired) electrons. The van der Waals surface area contributed by atoms with E-state index in [4.69, 9.17) is 23.2 Å². The maximum absolute atomic E-state index is 5.40. The first-order valence-corrected chi connectivity index (χ1v) is 2.68. The molecular formula is C3H3Cl2N3. The first kappa shape index (κ1) is 5.85. The number of hydrogen-bond acceptors (Lipinski definition) is 2. The molecule has 0 spiro atoms. The fourth-order valence-electron chi connectivity index (χ4n) is 0.359. The molecule has 0 amide bonds. The van der Waals surface area contributed by atoms with E-state index in [9.17, 15) is 0 Å². The fraction of sp³-hybridized carbons (Fsp3) is 0.333. The molecule has 0 saturated carbocycles. The van der Waals surface area contributed by atoms with Crippen molar-refractivity contribution in [2.45, 2.75) is 0 Å². The molecule has 0 aliphatic rings. The van der Waals surface area contributed by atoms with Gasteiger partial charge in [0, 0.05) is 7.05 Å². The first-order valence-electron chi connectivity index (χ1n) is 1.92. The van der Waals surface area contributed by atoms with E-state index in [-0.39, 0.29) is 10.3 Å². The van der Waals surface area contributed by atoms with Gasteiger partial charge in [0.2, 0.25) is 0 Å². The molecule has 0 atom stereocenters. The highest BCUT2D eigenvalue weighted by Gasteiger charge is 2.00. The second kappa shape index (κ2) is 1.91. The van der Waals surface area contributed by atoms with Crippen molar-refractivity contribution < 1.29 is 0 Å². The highest BCUT2D eigenvalue weighted by molar-refractivity contribution is 6.40. The lowest BCUT2D eigenvalue weighted by molar-refractivity contribution is 0.654. The van der Waals surface area contributed by atoms with Gasteiger partial charge in [-0.25, -0.2) is 0 Å². The van der Waals surface area contributed by atoms with Gasteiger partial charge in [0.05, 0.1) is 0 Å². The highest BCUT2D eigenvalue weighted by Crippen LogP contribution is 2.13. The molecule has 0 bridgehead atoms. The summed E-state index contributed by atoms with van der Waals surface area (Å²) in [6.45, 7) is 0. The summed E-state index contributed by atoms with van der Waals surface area (Å²) in [6.07, 6.45) is 0. The Morgan fingerprint density at radius 1 is 1.25 bits per heavy atom. The van der Waals surface area contributed by atoms with Crippen LogP contribution in [0.15, 0.2) is 0 Å². The van der Waals surface area contributed by atoms with Gasteiger partial charge in [-0.15, -0.1) is 10.2 Å². The average molecular weight is 152 g/mol. The van der Waals surface area contributed by atoms with Crippen molar-refractivity contribution in [3.8, 4) is 0 Å². The molecular weight excluding hydrogens is 149 g/mol. The molecule has 1 heterocycles. The van der Waals surface area contributed by atoms with Crippen LogP contribution < -0.4 is 0 Å². The second-order valence-corrected chi connectivity index (χ2v) is 1.99. The molecule has 5 heteroatoms. The Hall–Kier alpha value is -0.280. The van der Waals surface area contributed by atoms with E-state index < -0.39 is 0 Å². The van der Waals surface area contributed by atoms with Gasteiger partial charge in [0.25, 0.3) is 0 Å². The number of hydrogen-bond donors (Lipinski definition) is 0. The summed E-state index contributed by atoms with van der Waals surface area (Å²) in [7, 11) is 1.65. The van der Waals surface area contributed by atoms with Crippen LogP contribution in [-0.4, -0.2) is 15.0 Å². The largest absolute Gasteiger partial charge is 0.190 e. The molecule has 1 aromatic heterocycles. The molecule has 44 valence electrons. The van der Waals surface area contributed by atoms with E-state index in [1.807, 2.05) is 0 Å². The standard InChI is InChI=1S/C3H3Cl2N3/c1-8-6-2(4)3(5)7-8/h1H3. The van der Waals surface area contributed by atoms with Gasteiger partial charge in [0.1, 0.15) is 0 Å². The van der Waals surface area contributed by atoms with E-state index in [0.717, 1.165) is 0 Å². The van der Waals surface area contributed by atoms with E-state index in [2.05, 4.69) is 10.2 Å². The van der Waals surface area contributed by atoms with Crippen molar-refractivity contribution in [1.29, 1.82) is 0 Å². The predicted octanol–water partition coefficient (Wildman–Crippen LogP) is 1.12. The van der Waals surface area contributed by atoms with Gasteiger partial charge in [-0.1, -0.05) is 23.2 Å². The molecule has 0 unspecified atom stereocenters. The van der Waals surface area contributed by atoms with Gasteiger partial charge in [-0.3, -0.25) is 0 Å². The molecule has 0 saturated heterocycles. The van der Waals surface area contributed by atoms with Crippen LogP contribution in [-0.2, 0) is 7.05 Å². The Morgan fingerprint density at radius 3 is 1.75 bits per heavy atom. The summed E-state index contributed by atoms with van der Waals surface area (Å²) in [5.74, 6) is 0. The SMILES string of the molecule is Cn1nc(Cl)c(Cl)n1. The molecule has 0 N–H and O–H groups in total. The average Bonchev–Trinajstić information content (AvgIpc) is 1.85. The summed E-state index contributed by atoms with van der Waals surface area (Å²) in [5.41, 5.74) is 0. The van der Waals surface area contributed by atoms with Crippen LogP contribution in [0, 0.1) is 0 Å². The highest BCUT2D eigenvalue weighted by atomic mass is 35.5. The third-order valence-corrected chi connectivity index (χ3v) is 1.24. The van der Waals surface area contributed by atoms with Crippen molar-refractivity contribution in [2.75, 3.05) is 0 Å². The van der Waals surface area contributed by atoms with E-state index >= 15 is 0 Å². The van der Waals surface area contributed by atoms with Crippen molar-refractivity contribution in [3.63, 3.8) is 0 Å². The molecule has 1 rings (SSSR count). The number of aromatic nitrogens is 3. The molecule has 0 aromatic carbocycles. The molecule has 1 aromatic rings. The maximum Gasteiger partial charge on any atom is 0.190 e. The van der Waals surface area contributed by atoms with Gasteiger partial charge < -0.3 is 0 Å². The lowest BCUT2D eigenvalue weighted by atomic mass is 10.9. The van der Waals surface area contributed by atoms with Crippen LogP contribution in [0.5, 0.6) is 0 Å². The smallest absolute Gasteiger partial charge is 0.185 e. The normalized spacial score (nSPS) is 9.88. The van der Waals surface area contributed by atoms with Crippen LogP contribution in [0.4, 0.5) is 0 Å². The minimum absolute atomic E-state index is 0.245. The lowest BCUT2D eigenvalue weighted by Gasteiger charge is -1.76. The number of aryl methyl sites for hydroxylation is 1. The summed E-state index contributed by atoms with van der Waals surface area (Å²) in [4.78, 5) is 1.31. The first-order chi connectivity index (χ1) is 3.70. The van der Waals surface area contributed by atoms with Crippen LogP contribution in [0.25, 0.3) is 0 Å². The predicted molar refractivity (Wildman–Crippen MR) is 31.0 cm³/mol. The Balaban J connectivity index is 3.14. The van der Waals surface area contributed by atoms with Crippen molar-refractivity contribution >= 4 is 23.2 Å². The maximum atomic E-state index is 5.40. The Morgan fingerprint density at radius 2 is 1.62 bits per heavy atom. The second-order valence-electron chi connectivity index (χ2n) is 1.27. The summed E-state index contributed by atoms with van der Waals surface area (Å²) >= 11 is 10.8. The number of nitrogens with zero attached hydrogens (tertiary/aromatic N) is 3. The topological polar surface area (TPSA) is 30.7 Å². The molecule has 0 fully saturated rings. The monoisotopic (exact) mass is 151 g/mol.